The van der Waals surface area contributed by atoms with Crippen molar-refractivity contribution in [3.63, 3.8) is 0 Å². The largest absolute Gasteiger partial charge is 0.339 e. The van der Waals surface area contributed by atoms with Crippen molar-refractivity contribution in [3.8, 4) is 5.69 Å². The average molecular weight is 498 g/mol. The van der Waals surface area contributed by atoms with Crippen LogP contribution in [0.1, 0.15) is 45.6 Å². The van der Waals surface area contributed by atoms with Crippen molar-refractivity contribution in [2.24, 2.45) is 5.73 Å². The van der Waals surface area contributed by atoms with E-state index in [-0.39, 0.29) is 24.2 Å². The number of carbonyl (C=O) groups is 2. The van der Waals surface area contributed by atoms with Crippen LogP contribution in [0, 0.1) is 12.7 Å². The van der Waals surface area contributed by atoms with Gasteiger partial charge in [0.05, 0.1) is 11.4 Å². The molecule has 0 aliphatic carbocycles. The molecule has 1 aromatic heterocycles. The Morgan fingerprint density at radius 3 is 2.43 bits per heavy atom. The zero-order valence-electron chi connectivity index (χ0n) is 20.7. The summed E-state index contributed by atoms with van der Waals surface area (Å²) in [6.45, 7) is 4.27. The predicted octanol–water partition coefficient (Wildman–Crippen LogP) is 4.08. The van der Waals surface area contributed by atoms with Crippen molar-refractivity contribution < 1.29 is 14.0 Å². The van der Waals surface area contributed by atoms with E-state index in [9.17, 15) is 14.0 Å². The van der Waals surface area contributed by atoms with E-state index in [1.165, 1.54) is 12.1 Å². The highest BCUT2D eigenvalue weighted by Crippen LogP contribution is 2.43. The van der Waals surface area contributed by atoms with Crippen LogP contribution in [0.4, 0.5) is 10.2 Å². The predicted molar refractivity (Wildman–Crippen MR) is 140 cm³/mol. The quantitative estimate of drug-likeness (QED) is 0.420. The highest BCUT2D eigenvalue weighted by Gasteiger charge is 2.45. The van der Waals surface area contributed by atoms with Crippen molar-refractivity contribution >= 4 is 17.6 Å². The minimum atomic E-state index is -0.940. The molecule has 0 radical (unpaired) electrons. The van der Waals surface area contributed by atoms with E-state index in [1.807, 2.05) is 50.2 Å². The highest BCUT2D eigenvalue weighted by atomic mass is 19.1. The number of amides is 2. The lowest BCUT2D eigenvalue weighted by Crippen LogP contribution is -2.55. The number of hydrogen-bond donors (Lipinski definition) is 2. The number of carbonyl (C=O) groups excluding carboxylic acids is 2. The molecule has 0 spiro atoms. The minimum Gasteiger partial charge on any atom is -0.339 e. The van der Waals surface area contributed by atoms with Gasteiger partial charge in [-0.1, -0.05) is 48.0 Å². The Hall–Kier alpha value is -4.30. The van der Waals surface area contributed by atoms with Crippen LogP contribution in [0.5, 0.6) is 0 Å². The van der Waals surface area contributed by atoms with E-state index < -0.39 is 12.0 Å². The molecule has 2 amide bonds. The van der Waals surface area contributed by atoms with Crippen molar-refractivity contribution in [3.05, 3.63) is 113 Å². The number of para-hydroxylation sites is 1. The van der Waals surface area contributed by atoms with Crippen molar-refractivity contribution in [1.82, 2.24) is 15.1 Å². The Morgan fingerprint density at radius 1 is 1.05 bits per heavy atom. The lowest BCUT2D eigenvalue weighted by atomic mass is 9.80. The Morgan fingerprint density at radius 2 is 1.78 bits per heavy atom. The van der Waals surface area contributed by atoms with Gasteiger partial charge < -0.3 is 11.1 Å². The molecule has 0 saturated carbocycles. The molecule has 2 heterocycles. The number of anilines is 1. The molecule has 8 heteroatoms. The van der Waals surface area contributed by atoms with Crippen LogP contribution in [-0.2, 0) is 11.3 Å². The van der Waals surface area contributed by atoms with Gasteiger partial charge in [-0.2, -0.15) is 5.10 Å². The van der Waals surface area contributed by atoms with Crippen LogP contribution in [0.25, 0.3) is 5.69 Å². The Bertz CT molecular complexity index is 1450. The van der Waals surface area contributed by atoms with Gasteiger partial charge in [-0.25, -0.2) is 9.07 Å². The van der Waals surface area contributed by atoms with Gasteiger partial charge in [0.2, 0.25) is 0 Å². The standard InChI is InChI=1S/C29H28FN5O2/c1-3-34-28-25(23(17-31)33-35(28)22-10-5-4-6-11-22)24(19-12-14-21(30)15-13-19)26(29(34)37)32-27(36)20-9-7-8-18(2)16-20/h4-16,24,26H,3,17,31H2,1-2H3,(H,32,36)/t24-,26-/m0/s1. The molecule has 188 valence electrons. The van der Waals surface area contributed by atoms with Gasteiger partial charge in [-0.15, -0.1) is 0 Å². The van der Waals surface area contributed by atoms with Crippen LogP contribution >= 0.6 is 0 Å². The molecule has 3 aromatic carbocycles. The summed E-state index contributed by atoms with van der Waals surface area (Å²) in [6, 6.07) is 21.8. The fraction of sp³-hybridized carbons (Fsp3) is 0.207. The third-order valence-electron chi connectivity index (χ3n) is 6.71. The van der Waals surface area contributed by atoms with Gasteiger partial charge in [0.15, 0.2) is 0 Å². The summed E-state index contributed by atoms with van der Waals surface area (Å²) in [6.07, 6.45) is 0. The first-order chi connectivity index (χ1) is 17.9. The second kappa shape index (κ2) is 9.99. The maximum atomic E-state index is 14.0. The Kier molecular flexibility index (Phi) is 6.58. The number of hydrogen-bond acceptors (Lipinski definition) is 4. The van der Waals surface area contributed by atoms with Gasteiger partial charge in [0.1, 0.15) is 17.7 Å². The molecule has 0 unspecified atom stereocenters. The van der Waals surface area contributed by atoms with Crippen LogP contribution in [0.15, 0.2) is 78.9 Å². The maximum absolute atomic E-state index is 14.0. The molecule has 1 aliphatic heterocycles. The second-order valence-corrected chi connectivity index (χ2v) is 9.07. The zero-order valence-corrected chi connectivity index (χ0v) is 20.7. The normalized spacial score (nSPS) is 17.0. The molecule has 1 aliphatic rings. The maximum Gasteiger partial charge on any atom is 0.251 e. The average Bonchev–Trinajstić information content (AvgIpc) is 3.29. The van der Waals surface area contributed by atoms with Gasteiger partial charge in [0.25, 0.3) is 11.8 Å². The molecule has 0 bridgehead atoms. The number of benzene rings is 3. The number of aryl methyl sites for hydroxylation is 1. The minimum absolute atomic E-state index is 0.129. The number of rotatable bonds is 6. The Balaban J connectivity index is 1.71. The van der Waals surface area contributed by atoms with Crippen molar-refractivity contribution in [1.29, 1.82) is 0 Å². The van der Waals surface area contributed by atoms with Crippen LogP contribution in [0.3, 0.4) is 0 Å². The summed E-state index contributed by atoms with van der Waals surface area (Å²) in [7, 11) is 0. The fourth-order valence-corrected chi connectivity index (χ4v) is 5.02. The molecular formula is C29H28FN5O2. The summed E-state index contributed by atoms with van der Waals surface area (Å²) >= 11 is 0. The summed E-state index contributed by atoms with van der Waals surface area (Å²) < 4.78 is 15.6. The first kappa shape index (κ1) is 24.4. The first-order valence-corrected chi connectivity index (χ1v) is 12.2. The lowest BCUT2D eigenvalue weighted by Gasteiger charge is -2.38. The number of nitrogens with one attached hydrogen (secondary N) is 1. The summed E-state index contributed by atoms with van der Waals surface area (Å²) in [4.78, 5) is 29.0. The fourth-order valence-electron chi connectivity index (χ4n) is 5.02. The van der Waals surface area contributed by atoms with Gasteiger partial charge in [-0.05, 0) is 55.8 Å². The monoisotopic (exact) mass is 497 g/mol. The van der Waals surface area contributed by atoms with E-state index in [0.29, 0.717) is 29.2 Å². The number of halogens is 1. The van der Waals surface area contributed by atoms with Gasteiger partial charge in [-0.3, -0.25) is 14.5 Å². The number of nitrogens with two attached hydrogens (primary N) is 1. The van der Waals surface area contributed by atoms with E-state index in [1.54, 1.807) is 39.9 Å². The Labute approximate surface area is 214 Å². The van der Waals surface area contributed by atoms with E-state index >= 15 is 0 Å². The van der Waals surface area contributed by atoms with Crippen molar-refractivity contribution in [2.45, 2.75) is 32.4 Å². The third-order valence-corrected chi connectivity index (χ3v) is 6.71. The second-order valence-electron chi connectivity index (χ2n) is 9.07. The summed E-state index contributed by atoms with van der Waals surface area (Å²) in [5.41, 5.74) is 10.4. The molecule has 5 rings (SSSR count). The smallest absolute Gasteiger partial charge is 0.251 e. The van der Waals surface area contributed by atoms with E-state index in [4.69, 9.17) is 10.8 Å². The summed E-state index contributed by atoms with van der Waals surface area (Å²) in [5, 5.41) is 7.78. The number of likely N-dealkylation sites (N-methyl/N-ethyl adjacent to an activating group) is 1. The SMILES string of the molecule is CCN1C(=O)[C@@H](NC(=O)c2cccc(C)c2)[C@@H](c2ccc(F)cc2)c2c(CN)nn(-c3ccccc3)c21. The lowest BCUT2D eigenvalue weighted by molar-refractivity contribution is -0.121. The van der Waals surface area contributed by atoms with Crippen molar-refractivity contribution in [2.75, 3.05) is 11.4 Å². The summed E-state index contributed by atoms with van der Waals surface area (Å²) in [5.74, 6) is -1.03. The van der Waals surface area contributed by atoms with E-state index in [2.05, 4.69) is 5.32 Å². The first-order valence-electron chi connectivity index (χ1n) is 12.2. The topological polar surface area (TPSA) is 93.2 Å². The highest BCUT2D eigenvalue weighted by molar-refractivity contribution is 6.05. The molecule has 37 heavy (non-hydrogen) atoms. The zero-order chi connectivity index (χ0) is 26.1. The molecule has 7 nitrogen and oxygen atoms in total. The van der Waals surface area contributed by atoms with E-state index in [0.717, 1.165) is 16.8 Å². The molecule has 0 fully saturated rings. The molecule has 0 saturated heterocycles. The number of fused-ring (bicyclic) bond motifs is 1. The molecule has 4 aromatic rings. The van der Waals surface area contributed by atoms with Gasteiger partial charge in [0, 0.05) is 30.1 Å². The molecule has 2 atom stereocenters. The number of aromatic nitrogens is 2. The van der Waals surface area contributed by atoms with Crippen LogP contribution < -0.4 is 16.0 Å². The molecular weight excluding hydrogens is 469 g/mol. The molecule has 3 N–H and O–H groups in total. The van der Waals surface area contributed by atoms with Gasteiger partial charge >= 0.3 is 0 Å². The van der Waals surface area contributed by atoms with Crippen LogP contribution in [0.2, 0.25) is 0 Å². The third kappa shape index (κ3) is 4.40. The van der Waals surface area contributed by atoms with Crippen LogP contribution in [-0.4, -0.2) is 34.2 Å². The number of nitrogens with zero attached hydrogens (tertiary/aromatic N) is 3.